The molecule has 1 amide bonds. The van der Waals surface area contributed by atoms with Gasteiger partial charge in [0.25, 0.3) is 0 Å². The number of unbranched alkanes of at least 4 members (excludes halogenated alkanes) is 1. The molecule has 4 nitrogen and oxygen atoms in total. The number of amides is 1. The number of nitriles is 1. The van der Waals surface area contributed by atoms with E-state index in [-0.39, 0.29) is 12.3 Å². The molecular formula is C13H17N3O. The van der Waals surface area contributed by atoms with Crippen LogP contribution < -0.4 is 5.32 Å². The fourth-order valence-corrected chi connectivity index (χ4v) is 1.46. The molecule has 1 rings (SSSR count). The van der Waals surface area contributed by atoms with Gasteiger partial charge in [0.1, 0.15) is 0 Å². The molecule has 1 unspecified atom stereocenters. The Morgan fingerprint density at radius 1 is 1.59 bits per heavy atom. The Morgan fingerprint density at radius 2 is 2.41 bits per heavy atom. The Morgan fingerprint density at radius 3 is 3.00 bits per heavy atom. The van der Waals surface area contributed by atoms with Gasteiger partial charge in [0.2, 0.25) is 5.91 Å². The highest BCUT2D eigenvalue weighted by Gasteiger charge is 2.15. The van der Waals surface area contributed by atoms with Gasteiger partial charge in [-0.05, 0) is 18.6 Å². The fraction of sp³-hybridized carbons (Fsp3) is 0.462. The zero-order valence-electron chi connectivity index (χ0n) is 10.0. The van der Waals surface area contributed by atoms with Crippen LogP contribution in [0.2, 0.25) is 0 Å². The molecule has 1 N–H and O–H groups in total. The summed E-state index contributed by atoms with van der Waals surface area (Å²) in [5.74, 6) is -0.548. The molecular weight excluding hydrogens is 214 g/mol. The standard InChI is InChI=1S/C13H17N3O/c1-2-3-7-16-13(17)9-11(10-14)12-6-4-5-8-15-12/h4-6,8,11H,2-3,7,9H2,1H3,(H,16,17). The van der Waals surface area contributed by atoms with E-state index in [0.29, 0.717) is 12.2 Å². The number of carbonyl (C=O) groups is 1. The van der Waals surface area contributed by atoms with Crippen LogP contribution in [-0.2, 0) is 4.79 Å². The number of aromatic nitrogens is 1. The molecule has 0 saturated heterocycles. The molecule has 0 saturated carbocycles. The maximum atomic E-state index is 11.6. The Balaban J connectivity index is 2.48. The zero-order valence-corrected chi connectivity index (χ0v) is 10.0. The van der Waals surface area contributed by atoms with E-state index < -0.39 is 5.92 Å². The largest absolute Gasteiger partial charge is 0.356 e. The Labute approximate surface area is 102 Å². The molecule has 1 aromatic rings. The first kappa shape index (κ1) is 13.2. The number of hydrogen-bond acceptors (Lipinski definition) is 3. The molecule has 0 aliphatic heterocycles. The van der Waals surface area contributed by atoms with E-state index in [1.165, 1.54) is 0 Å². The first-order valence-corrected chi connectivity index (χ1v) is 5.85. The van der Waals surface area contributed by atoms with Crippen molar-refractivity contribution in [1.29, 1.82) is 5.26 Å². The van der Waals surface area contributed by atoms with Crippen molar-refractivity contribution < 1.29 is 4.79 Å². The fourth-order valence-electron chi connectivity index (χ4n) is 1.46. The van der Waals surface area contributed by atoms with Crippen molar-refractivity contribution in [2.75, 3.05) is 6.54 Å². The van der Waals surface area contributed by atoms with Crippen LogP contribution in [0, 0.1) is 11.3 Å². The van der Waals surface area contributed by atoms with Gasteiger partial charge in [0.05, 0.1) is 17.7 Å². The Kier molecular flexibility index (Phi) is 5.73. The first-order chi connectivity index (χ1) is 8.27. The van der Waals surface area contributed by atoms with Gasteiger partial charge in [-0.15, -0.1) is 0 Å². The topological polar surface area (TPSA) is 65.8 Å². The highest BCUT2D eigenvalue weighted by molar-refractivity contribution is 5.77. The van der Waals surface area contributed by atoms with Crippen LogP contribution in [-0.4, -0.2) is 17.4 Å². The van der Waals surface area contributed by atoms with Gasteiger partial charge in [-0.25, -0.2) is 0 Å². The minimum absolute atomic E-state index is 0.0874. The first-order valence-electron chi connectivity index (χ1n) is 5.85. The van der Waals surface area contributed by atoms with E-state index >= 15 is 0 Å². The molecule has 0 aliphatic carbocycles. The van der Waals surface area contributed by atoms with E-state index in [2.05, 4.69) is 23.3 Å². The minimum atomic E-state index is -0.460. The second kappa shape index (κ2) is 7.39. The third kappa shape index (κ3) is 4.64. The normalized spacial score (nSPS) is 11.5. The maximum Gasteiger partial charge on any atom is 0.221 e. The number of hydrogen-bond donors (Lipinski definition) is 1. The molecule has 90 valence electrons. The smallest absolute Gasteiger partial charge is 0.221 e. The SMILES string of the molecule is CCCCNC(=O)CC(C#N)c1ccccn1. The van der Waals surface area contributed by atoms with Gasteiger partial charge < -0.3 is 5.32 Å². The van der Waals surface area contributed by atoms with Crippen LogP contribution in [0.5, 0.6) is 0 Å². The lowest BCUT2D eigenvalue weighted by Crippen LogP contribution is -2.25. The number of carbonyl (C=O) groups excluding carboxylic acids is 1. The number of nitrogens with zero attached hydrogens (tertiary/aromatic N) is 2. The molecule has 1 heterocycles. The summed E-state index contributed by atoms with van der Waals surface area (Å²) in [6.45, 7) is 2.74. The zero-order chi connectivity index (χ0) is 12.5. The molecule has 0 aliphatic rings. The lowest BCUT2D eigenvalue weighted by Gasteiger charge is -2.08. The Hall–Kier alpha value is -1.89. The number of rotatable bonds is 6. The monoisotopic (exact) mass is 231 g/mol. The summed E-state index contributed by atoms with van der Waals surface area (Å²) >= 11 is 0. The molecule has 0 fully saturated rings. The summed E-state index contributed by atoms with van der Waals surface area (Å²) in [6.07, 6.45) is 3.82. The average molecular weight is 231 g/mol. The summed E-state index contributed by atoms with van der Waals surface area (Å²) in [5, 5.41) is 11.8. The predicted molar refractivity (Wildman–Crippen MR) is 65.1 cm³/mol. The molecule has 17 heavy (non-hydrogen) atoms. The van der Waals surface area contributed by atoms with Crippen molar-refractivity contribution in [3.63, 3.8) is 0 Å². The second-order valence-corrected chi connectivity index (χ2v) is 3.84. The molecule has 0 spiro atoms. The molecule has 1 atom stereocenters. The Bertz CT molecular complexity index is 383. The van der Waals surface area contributed by atoms with E-state index in [1.807, 2.05) is 6.07 Å². The lowest BCUT2D eigenvalue weighted by atomic mass is 10.0. The predicted octanol–water partition coefficient (Wildman–Crippen LogP) is 2.00. The summed E-state index contributed by atoms with van der Waals surface area (Å²) < 4.78 is 0. The highest BCUT2D eigenvalue weighted by Crippen LogP contribution is 2.15. The molecule has 0 radical (unpaired) electrons. The van der Waals surface area contributed by atoms with Gasteiger partial charge in [0.15, 0.2) is 0 Å². The molecule has 0 aromatic carbocycles. The highest BCUT2D eigenvalue weighted by atomic mass is 16.1. The van der Waals surface area contributed by atoms with E-state index in [4.69, 9.17) is 5.26 Å². The van der Waals surface area contributed by atoms with Crippen molar-refractivity contribution >= 4 is 5.91 Å². The average Bonchev–Trinajstić information content (AvgIpc) is 2.37. The van der Waals surface area contributed by atoms with Crippen molar-refractivity contribution in [1.82, 2.24) is 10.3 Å². The van der Waals surface area contributed by atoms with E-state index in [1.54, 1.807) is 18.3 Å². The van der Waals surface area contributed by atoms with Gasteiger partial charge in [-0.1, -0.05) is 19.4 Å². The third-order valence-corrected chi connectivity index (χ3v) is 2.44. The van der Waals surface area contributed by atoms with Crippen molar-refractivity contribution in [3.8, 4) is 6.07 Å². The lowest BCUT2D eigenvalue weighted by molar-refractivity contribution is -0.121. The molecule has 4 heteroatoms. The molecule has 1 aromatic heterocycles. The van der Waals surface area contributed by atoms with Gasteiger partial charge >= 0.3 is 0 Å². The minimum Gasteiger partial charge on any atom is -0.356 e. The summed E-state index contributed by atoms with van der Waals surface area (Å²) in [4.78, 5) is 15.7. The quantitative estimate of drug-likeness (QED) is 0.761. The van der Waals surface area contributed by atoms with E-state index in [9.17, 15) is 4.79 Å². The van der Waals surface area contributed by atoms with Crippen LogP contribution in [0.25, 0.3) is 0 Å². The summed E-state index contributed by atoms with van der Waals surface area (Å²) in [7, 11) is 0. The van der Waals surface area contributed by atoms with Gasteiger partial charge in [-0.2, -0.15) is 5.26 Å². The second-order valence-electron chi connectivity index (χ2n) is 3.84. The number of pyridine rings is 1. The van der Waals surface area contributed by atoms with Gasteiger partial charge in [0, 0.05) is 19.2 Å². The summed E-state index contributed by atoms with van der Waals surface area (Å²) in [6, 6.07) is 7.50. The van der Waals surface area contributed by atoms with Crippen molar-refractivity contribution in [3.05, 3.63) is 30.1 Å². The number of nitrogens with one attached hydrogen (secondary N) is 1. The van der Waals surface area contributed by atoms with Crippen LogP contribution in [0.15, 0.2) is 24.4 Å². The maximum absolute atomic E-state index is 11.6. The third-order valence-electron chi connectivity index (χ3n) is 2.44. The van der Waals surface area contributed by atoms with Crippen LogP contribution in [0.4, 0.5) is 0 Å². The van der Waals surface area contributed by atoms with Crippen LogP contribution >= 0.6 is 0 Å². The molecule has 0 bridgehead atoms. The van der Waals surface area contributed by atoms with Crippen molar-refractivity contribution in [2.24, 2.45) is 0 Å². The van der Waals surface area contributed by atoms with Gasteiger partial charge in [-0.3, -0.25) is 9.78 Å². The van der Waals surface area contributed by atoms with Crippen LogP contribution in [0.1, 0.15) is 37.8 Å². The summed E-state index contributed by atoms with van der Waals surface area (Å²) in [5.41, 5.74) is 0.653. The van der Waals surface area contributed by atoms with Crippen LogP contribution in [0.3, 0.4) is 0 Å². The van der Waals surface area contributed by atoms with Crippen molar-refractivity contribution in [2.45, 2.75) is 32.1 Å². The van der Waals surface area contributed by atoms with E-state index in [0.717, 1.165) is 12.8 Å².